The van der Waals surface area contributed by atoms with Crippen LogP contribution in [0.25, 0.3) is 0 Å². The lowest BCUT2D eigenvalue weighted by Gasteiger charge is -2.15. The zero-order valence-electron chi connectivity index (χ0n) is 8.68. The number of ketones is 1. The molecule has 72 valence electrons. The Labute approximate surface area is 78.9 Å². The van der Waals surface area contributed by atoms with E-state index in [9.17, 15) is 4.79 Å². The third-order valence-corrected chi connectivity index (χ3v) is 1.99. The van der Waals surface area contributed by atoms with Crippen LogP contribution in [0.2, 0.25) is 0 Å². The number of rotatable bonds is 2. The Morgan fingerprint density at radius 2 is 2.08 bits per heavy atom. The minimum absolute atomic E-state index is 0.151. The SMILES string of the molecule is CCc1occc1C(=O)C(C)(C)C. The summed E-state index contributed by atoms with van der Waals surface area (Å²) in [7, 11) is 0. The predicted octanol–water partition coefficient (Wildman–Crippen LogP) is 3.07. The van der Waals surface area contributed by atoms with Crippen molar-refractivity contribution in [2.45, 2.75) is 34.1 Å². The monoisotopic (exact) mass is 180 g/mol. The first-order chi connectivity index (χ1) is 5.96. The molecule has 1 aromatic heterocycles. The maximum atomic E-state index is 11.8. The van der Waals surface area contributed by atoms with Crippen LogP contribution >= 0.6 is 0 Å². The van der Waals surface area contributed by atoms with E-state index in [-0.39, 0.29) is 11.2 Å². The number of hydrogen-bond donors (Lipinski definition) is 0. The number of Topliss-reactive ketones (excluding diaryl/α,β-unsaturated/α-hetero) is 1. The molecular weight excluding hydrogens is 164 g/mol. The Bertz CT molecular complexity index is 302. The van der Waals surface area contributed by atoms with E-state index in [1.165, 1.54) is 0 Å². The van der Waals surface area contributed by atoms with Gasteiger partial charge in [-0.2, -0.15) is 0 Å². The summed E-state index contributed by atoms with van der Waals surface area (Å²) in [6.07, 6.45) is 2.35. The van der Waals surface area contributed by atoms with Gasteiger partial charge in [-0.3, -0.25) is 4.79 Å². The molecule has 2 heteroatoms. The second kappa shape index (κ2) is 3.36. The third-order valence-electron chi connectivity index (χ3n) is 1.99. The van der Waals surface area contributed by atoms with Gasteiger partial charge in [0.15, 0.2) is 5.78 Å². The normalized spacial score (nSPS) is 11.7. The molecule has 0 fully saturated rings. The molecule has 0 spiro atoms. The summed E-state index contributed by atoms with van der Waals surface area (Å²) in [6.45, 7) is 7.74. The van der Waals surface area contributed by atoms with Crippen LogP contribution in [0.3, 0.4) is 0 Å². The molecule has 0 aliphatic rings. The highest BCUT2D eigenvalue weighted by Crippen LogP contribution is 2.23. The van der Waals surface area contributed by atoms with Crippen molar-refractivity contribution in [2.75, 3.05) is 0 Å². The van der Waals surface area contributed by atoms with Crippen LogP contribution in [0.5, 0.6) is 0 Å². The van der Waals surface area contributed by atoms with E-state index in [0.717, 1.165) is 17.7 Å². The van der Waals surface area contributed by atoms with Gasteiger partial charge in [-0.05, 0) is 6.07 Å². The van der Waals surface area contributed by atoms with Crippen molar-refractivity contribution in [1.82, 2.24) is 0 Å². The Hall–Kier alpha value is -1.05. The first-order valence-corrected chi connectivity index (χ1v) is 4.58. The molecule has 0 radical (unpaired) electrons. The highest BCUT2D eigenvalue weighted by atomic mass is 16.3. The molecular formula is C11H16O2. The van der Waals surface area contributed by atoms with Crippen LogP contribution in [0.1, 0.15) is 43.8 Å². The lowest BCUT2D eigenvalue weighted by molar-refractivity contribution is 0.0856. The molecule has 0 bridgehead atoms. The van der Waals surface area contributed by atoms with Crippen molar-refractivity contribution in [2.24, 2.45) is 5.41 Å². The summed E-state index contributed by atoms with van der Waals surface area (Å²) in [5.74, 6) is 0.943. The fraction of sp³-hybridized carbons (Fsp3) is 0.545. The lowest BCUT2D eigenvalue weighted by Crippen LogP contribution is -2.20. The van der Waals surface area contributed by atoms with Crippen molar-refractivity contribution in [3.8, 4) is 0 Å². The largest absolute Gasteiger partial charge is 0.469 e. The second-order valence-electron chi connectivity index (χ2n) is 4.19. The molecule has 2 nitrogen and oxygen atoms in total. The second-order valence-corrected chi connectivity index (χ2v) is 4.19. The summed E-state index contributed by atoms with van der Waals surface area (Å²) in [6, 6.07) is 1.76. The molecule has 0 aliphatic heterocycles. The summed E-state index contributed by atoms with van der Waals surface area (Å²) >= 11 is 0. The van der Waals surface area contributed by atoms with E-state index < -0.39 is 0 Å². The number of hydrogen-bond acceptors (Lipinski definition) is 2. The van der Waals surface area contributed by atoms with E-state index in [2.05, 4.69) is 0 Å². The zero-order valence-corrected chi connectivity index (χ0v) is 8.68. The Morgan fingerprint density at radius 1 is 1.46 bits per heavy atom. The average Bonchev–Trinajstić information content (AvgIpc) is 2.48. The summed E-state index contributed by atoms with van der Waals surface area (Å²) in [5, 5.41) is 0. The van der Waals surface area contributed by atoms with E-state index >= 15 is 0 Å². The average molecular weight is 180 g/mol. The Balaban J connectivity index is 3.02. The standard InChI is InChI=1S/C11H16O2/c1-5-9-8(6-7-13-9)10(12)11(2,3)4/h6-7H,5H2,1-4H3. The van der Waals surface area contributed by atoms with Crippen molar-refractivity contribution in [3.05, 3.63) is 23.7 Å². The molecule has 0 N–H and O–H groups in total. The molecule has 13 heavy (non-hydrogen) atoms. The van der Waals surface area contributed by atoms with Crippen LogP contribution in [0.4, 0.5) is 0 Å². The molecule has 0 atom stereocenters. The highest BCUT2D eigenvalue weighted by Gasteiger charge is 2.25. The molecule has 1 rings (SSSR count). The molecule has 0 aromatic carbocycles. The van der Waals surface area contributed by atoms with E-state index in [0.29, 0.717) is 0 Å². The van der Waals surface area contributed by atoms with Gasteiger partial charge in [0, 0.05) is 11.8 Å². The number of aryl methyl sites for hydroxylation is 1. The maximum Gasteiger partial charge on any atom is 0.171 e. The van der Waals surface area contributed by atoms with Gasteiger partial charge >= 0.3 is 0 Å². The Morgan fingerprint density at radius 3 is 2.54 bits per heavy atom. The van der Waals surface area contributed by atoms with Crippen LogP contribution < -0.4 is 0 Å². The Kier molecular flexibility index (Phi) is 2.60. The minimum atomic E-state index is -0.326. The van der Waals surface area contributed by atoms with Gasteiger partial charge in [-0.25, -0.2) is 0 Å². The molecule has 0 saturated carbocycles. The molecule has 1 heterocycles. The van der Waals surface area contributed by atoms with Crippen molar-refractivity contribution in [3.63, 3.8) is 0 Å². The number of furan rings is 1. The maximum absolute atomic E-state index is 11.8. The van der Waals surface area contributed by atoms with Crippen LogP contribution in [-0.4, -0.2) is 5.78 Å². The zero-order chi connectivity index (χ0) is 10.1. The number of carbonyl (C=O) groups excluding carboxylic acids is 1. The van der Waals surface area contributed by atoms with Crippen molar-refractivity contribution < 1.29 is 9.21 Å². The van der Waals surface area contributed by atoms with Gasteiger partial charge in [0.1, 0.15) is 5.76 Å². The topological polar surface area (TPSA) is 30.2 Å². The minimum Gasteiger partial charge on any atom is -0.469 e. The van der Waals surface area contributed by atoms with Crippen LogP contribution in [0, 0.1) is 5.41 Å². The van der Waals surface area contributed by atoms with E-state index in [1.807, 2.05) is 27.7 Å². The fourth-order valence-corrected chi connectivity index (χ4v) is 1.22. The summed E-state index contributed by atoms with van der Waals surface area (Å²) in [5.41, 5.74) is 0.406. The smallest absolute Gasteiger partial charge is 0.171 e. The predicted molar refractivity (Wildman–Crippen MR) is 51.9 cm³/mol. The van der Waals surface area contributed by atoms with Gasteiger partial charge in [-0.1, -0.05) is 27.7 Å². The molecule has 1 aromatic rings. The summed E-state index contributed by atoms with van der Waals surface area (Å²) < 4.78 is 5.21. The van der Waals surface area contributed by atoms with Gasteiger partial charge < -0.3 is 4.42 Å². The first kappa shape index (κ1) is 10.0. The van der Waals surface area contributed by atoms with Gasteiger partial charge in [0.2, 0.25) is 0 Å². The summed E-state index contributed by atoms with van der Waals surface area (Å²) in [4.78, 5) is 11.8. The third kappa shape index (κ3) is 2.00. The van der Waals surface area contributed by atoms with Crippen LogP contribution in [0.15, 0.2) is 16.7 Å². The fourth-order valence-electron chi connectivity index (χ4n) is 1.22. The first-order valence-electron chi connectivity index (χ1n) is 4.58. The highest BCUT2D eigenvalue weighted by molar-refractivity contribution is 6.00. The van der Waals surface area contributed by atoms with Crippen LogP contribution in [-0.2, 0) is 6.42 Å². The molecule has 0 unspecified atom stereocenters. The molecule has 0 aliphatic carbocycles. The van der Waals surface area contributed by atoms with Gasteiger partial charge in [-0.15, -0.1) is 0 Å². The van der Waals surface area contributed by atoms with E-state index in [4.69, 9.17) is 4.42 Å². The van der Waals surface area contributed by atoms with Crippen molar-refractivity contribution in [1.29, 1.82) is 0 Å². The number of carbonyl (C=O) groups is 1. The molecule has 0 amide bonds. The molecule has 0 saturated heterocycles. The lowest BCUT2D eigenvalue weighted by atomic mass is 9.86. The quantitative estimate of drug-likeness (QED) is 0.655. The van der Waals surface area contributed by atoms with Gasteiger partial charge in [0.05, 0.1) is 11.8 Å². The van der Waals surface area contributed by atoms with Crippen molar-refractivity contribution >= 4 is 5.78 Å². The van der Waals surface area contributed by atoms with E-state index in [1.54, 1.807) is 12.3 Å². The van der Waals surface area contributed by atoms with Gasteiger partial charge in [0.25, 0.3) is 0 Å².